The highest BCUT2D eigenvalue weighted by atomic mass is 16.4. The number of rotatable bonds is 6. The second-order valence-corrected chi connectivity index (χ2v) is 5.70. The molecule has 1 fully saturated rings. The van der Waals surface area contributed by atoms with Crippen molar-refractivity contribution in [1.29, 1.82) is 0 Å². The molecule has 1 aliphatic carbocycles. The Bertz CT molecular complexity index is 489. The van der Waals surface area contributed by atoms with Gasteiger partial charge < -0.3 is 10.4 Å². The van der Waals surface area contributed by atoms with E-state index in [1.54, 1.807) is 0 Å². The van der Waals surface area contributed by atoms with E-state index in [9.17, 15) is 14.7 Å². The Labute approximate surface area is 119 Å². The molecule has 20 heavy (non-hydrogen) atoms. The number of hydrogen-bond acceptors (Lipinski definition) is 2. The van der Waals surface area contributed by atoms with Crippen molar-refractivity contribution in [2.75, 3.05) is 6.54 Å². The SMILES string of the molecule is Cc1ccc(CCC(=O)NCC2(C(=O)O)CCC2)cc1. The average molecular weight is 275 g/mol. The third-order valence-electron chi connectivity index (χ3n) is 4.15. The van der Waals surface area contributed by atoms with Crippen LogP contribution in [0.2, 0.25) is 0 Å². The van der Waals surface area contributed by atoms with Crippen LogP contribution in [0.1, 0.15) is 36.8 Å². The summed E-state index contributed by atoms with van der Waals surface area (Å²) in [5.41, 5.74) is 1.62. The van der Waals surface area contributed by atoms with E-state index in [0.717, 1.165) is 12.0 Å². The van der Waals surface area contributed by atoms with Crippen LogP contribution in [0.5, 0.6) is 0 Å². The first-order valence-corrected chi connectivity index (χ1v) is 7.07. The zero-order valence-corrected chi connectivity index (χ0v) is 11.8. The summed E-state index contributed by atoms with van der Waals surface area (Å²) in [6.07, 6.45) is 3.36. The Morgan fingerprint density at radius 2 is 1.90 bits per heavy atom. The van der Waals surface area contributed by atoms with Gasteiger partial charge in [-0.2, -0.15) is 0 Å². The Kier molecular flexibility index (Phi) is 4.42. The number of carboxylic acid groups (broad SMARTS) is 1. The van der Waals surface area contributed by atoms with Gasteiger partial charge in [0, 0.05) is 13.0 Å². The first-order chi connectivity index (χ1) is 9.52. The van der Waals surface area contributed by atoms with Gasteiger partial charge in [0.05, 0.1) is 5.41 Å². The number of carboxylic acids is 1. The van der Waals surface area contributed by atoms with Gasteiger partial charge in [-0.25, -0.2) is 0 Å². The second kappa shape index (κ2) is 6.07. The van der Waals surface area contributed by atoms with E-state index in [1.807, 2.05) is 31.2 Å². The molecule has 0 unspecified atom stereocenters. The fourth-order valence-corrected chi connectivity index (χ4v) is 2.44. The number of amides is 1. The van der Waals surface area contributed by atoms with Crippen LogP contribution in [0.15, 0.2) is 24.3 Å². The molecule has 1 aliphatic rings. The molecular weight excluding hydrogens is 254 g/mol. The largest absolute Gasteiger partial charge is 0.481 e. The molecule has 0 heterocycles. The monoisotopic (exact) mass is 275 g/mol. The highest BCUT2D eigenvalue weighted by molar-refractivity contribution is 5.79. The van der Waals surface area contributed by atoms with E-state index in [4.69, 9.17) is 0 Å². The first-order valence-electron chi connectivity index (χ1n) is 7.07. The molecule has 1 amide bonds. The number of benzene rings is 1. The Hall–Kier alpha value is -1.84. The van der Waals surface area contributed by atoms with Crippen molar-refractivity contribution in [2.24, 2.45) is 5.41 Å². The molecule has 4 heteroatoms. The van der Waals surface area contributed by atoms with Crippen molar-refractivity contribution in [2.45, 2.75) is 39.0 Å². The molecule has 4 nitrogen and oxygen atoms in total. The van der Waals surface area contributed by atoms with Gasteiger partial charge in [-0.1, -0.05) is 36.2 Å². The molecular formula is C16H21NO3. The van der Waals surface area contributed by atoms with E-state index < -0.39 is 11.4 Å². The predicted octanol–water partition coefficient (Wildman–Crippen LogP) is 2.30. The minimum Gasteiger partial charge on any atom is -0.481 e. The van der Waals surface area contributed by atoms with Crippen molar-refractivity contribution in [3.8, 4) is 0 Å². The van der Waals surface area contributed by atoms with Crippen molar-refractivity contribution in [1.82, 2.24) is 5.32 Å². The molecule has 0 radical (unpaired) electrons. The highest BCUT2D eigenvalue weighted by Crippen LogP contribution is 2.40. The maximum atomic E-state index is 11.8. The van der Waals surface area contributed by atoms with Crippen LogP contribution in [-0.2, 0) is 16.0 Å². The maximum Gasteiger partial charge on any atom is 0.311 e. The summed E-state index contributed by atoms with van der Waals surface area (Å²) in [6.45, 7) is 2.29. The standard InChI is InChI=1S/C16H21NO3/c1-12-3-5-13(6-4-12)7-8-14(18)17-11-16(15(19)20)9-2-10-16/h3-6H,2,7-11H2,1H3,(H,17,18)(H,19,20). The van der Waals surface area contributed by atoms with Crippen LogP contribution >= 0.6 is 0 Å². The lowest BCUT2D eigenvalue weighted by Crippen LogP contribution is -2.47. The molecule has 1 aromatic rings. The first kappa shape index (κ1) is 14.6. The Morgan fingerprint density at radius 1 is 1.25 bits per heavy atom. The van der Waals surface area contributed by atoms with Crippen LogP contribution in [-0.4, -0.2) is 23.5 Å². The number of carbonyl (C=O) groups excluding carboxylic acids is 1. The normalized spacial score (nSPS) is 16.2. The van der Waals surface area contributed by atoms with E-state index in [0.29, 0.717) is 25.7 Å². The summed E-state index contributed by atoms with van der Waals surface area (Å²) in [4.78, 5) is 23.0. The molecule has 0 atom stereocenters. The van der Waals surface area contributed by atoms with Gasteiger partial charge in [-0.15, -0.1) is 0 Å². The third-order valence-corrected chi connectivity index (χ3v) is 4.15. The van der Waals surface area contributed by atoms with E-state index in [2.05, 4.69) is 5.32 Å². The van der Waals surface area contributed by atoms with Crippen molar-refractivity contribution in [3.63, 3.8) is 0 Å². The maximum absolute atomic E-state index is 11.8. The summed E-state index contributed by atoms with van der Waals surface area (Å²) in [6, 6.07) is 8.10. The molecule has 0 saturated heterocycles. The molecule has 0 aromatic heterocycles. The predicted molar refractivity (Wildman–Crippen MR) is 76.4 cm³/mol. The Balaban J connectivity index is 1.75. The smallest absolute Gasteiger partial charge is 0.311 e. The molecule has 1 saturated carbocycles. The molecule has 108 valence electrons. The molecule has 0 spiro atoms. The fourth-order valence-electron chi connectivity index (χ4n) is 2.44. The van der Waals surface area contributed by atoms with Crippen LogP contribution in [0.25, 0.3) is 0 Å². The number of carbonyl (C=O) groups is 2. The highest BCUT2D eigenvalue weighted by Gasteiger charge is 2.44. The van der Waals surface area contributed by atoms with Crippen molar-refractivity contribution >= 4 is 11.9 Å². The minimum absolute atomic E-state index is 0.0712. The summed E-state index contributed by atoms with van der Waals surface area (Å²) >= 11 is 0. The summed E-state index contributed by atoms with van der Waals surface area (Å²) in [5, 5.41) is 11.9. The van der Waals surface area contributed by atoms with Gasteiger partial charge in [0.15, 0.2) is 0 Å². The van der Waals surface area contributed by atoms with Crippen LogP contribution in [0.4, 0.5) is 0 Å². The molecule has 0 bridgehead atoms. The van der Waals surface area contributed by atoms with E-state index >= 15 is 0 Å². The molecule has 0 aliphatic heterocycles. The van der Waals surface area contributed by atoms with Crippen molar-refractivity contribution in [3.05, 3.63) is 35.4 Å². The fraction of sp³-hybridized carbons (Fsp3) is 0.500. The quantitative estimate of drug-likeness (QED) is 0.837. The molecule has 2 N–H and O–H groups in total. The van der Waals surface area contributed by atoms with Crippen LogP contribution in [0, 0.1) is 12.3 Å². The lowest BCUT2D eigenvalue weighted by Gasteiger charge is -2.37. The van der Waals surface area contributed by atoms with Crippen LogP contribution in [0.3, 0.4) is 0 Å². The van der Waals surface area contributed by atoms with Crippen LogP contribution < -0.4 is 5.32 Å². The Morgan fingerprint density at radius 3 is 2.40 bits per heavy atom. The van der Waals surface area contributed by atoms with E-state index in [-0.39, 0.29) is 12.5 Å². The minimum atomic E-state index is -0.789. The van der Waals surface area contributed by atoms with E-state index in [1.165, 1.54) is 5.56 Å². The van der Waals surface area contributed by atoms with Gasteiger partial charge in [0.2, 0.25) is 5.91 Å². The van der Waals surface area contributed by atoms with Crippen molar-refractivity contribution < 1.29 is 14.7 Å². The van der Waals surface area contributed by atoms with Gasteiger partial charge in [0.25, 0.3) is 0 Å². The zero-order valence-electron chi connectivity index (χ0n) is 11.8. The topological polar surface area (TPSA) is 66.4 Å². The summed E-state index contributed by atoms with van der Waals surface area (Å²) in [7, 11) is 0. The van der Waals surface area contributed by atoms with Gasteiger partial charge >= 0.3 is 5.97 Å². The molecule has 1 aromatic carbocycles. The summed E-state index contributed by atoms with van der Waals surface area (Å²) in [5.74, 6) is -0.860. The zero-order chi connectivity index (χ0) is 14.6. The number of nitrogens with one attached hydrogen (secondary N) is 1. The lowest BCUT2D eigenvalue weighted by molar-refractivity contribution is -0.154. The summed E-state index contributed by atoms with van der Waals surface area (Å²) < 4.78 is 0. The third kappa shape index (κ3) is 3.38. The number of aryl methyl sites for hydroxylation is 2. The average Bonchev–Trinajstić information content (AvgIpc) is 2.36. The lowest BCUT2D eigenvalue weighted by atomic mass is 9.69. The van der Waals surface area contributed by atoms with Gasteiger partial charge in [-0.05, 0) is 31.7 Å². The number of hydrogen-bond donors (Lipinski definition) is 2. The van der Waals surface area contributed by atoms with Gasteiger partial charge in [-0.3, -0.25) is 9.59 Å². The second-order valence-electron chi connectivity index (χ2n) is 5.70. The number of aliphatic carboxylic acids is 1. The molecule has 2 rings (SSSR count). The van der Waals surface area contributed by atoms with Gasteiger partial charge in [0.1, 0.15) is 0 Å².